The quantitative estimate of drug-likeness (QED) is 0.720. The van der Waals surface area contributed by atoms with Gasteiger partial charge < -0.3 is 19.5 Å². The van der Waals surface area contributed by atoms with Crippen LogP contribution in [0.4, 0.5) is 11.4 Å². The zero-order valence-corrected chi connectivity index (χ0v) is 16.7. The third-order valence-corrected chi connectivity index (χ3v) is 4.71. The Bertz CT molecular complexity index is 968. The maximum Gasteiger partial charge on any atom is 0.300 e. The molecule has 1 heterocycles. The largest absolute Gasteiger partial charge is 0.493 e. The molecule has 2 aromatic rings. The van der Waals surface area contributed by atoms with Gasteiger partial charge in [-0.1, -0.05) is 19.1 Å². The lowest BCUT2D eigenvalue weighted by Crippen LogP contribution is -2.37. The van der Waals surface area contributed by atoms with Gasteiger partial charge in [0, 0.05) is 11.8 Å². The van der Waals surface area contributed by atoms with Crippen LogP contribution in [-0.2, 0) is 16.0 Å². The summed E-state index contributed by atoms with van der Waals surface area (Å²) in [6, 6.07) is 8.90. The van der Waals surface area contributed by atoms with Crippen LogP contribution in [0.1, 0.15) is 22.8 Å². The topological polar surface area (TPSA) is 94.2 Å². The second-order valence-corrected chi connectivity index (χ2v) is 6.36. The van der Waals surface area contributed by atoms with E-state index in [-0.39, 0.29) is 35.0 Å². The van der Waals surface area contributed by atoms with Gasteiger partial charge in [0.15, 0.2) is 11.5 Å². The average molecular weight is 398 g/mol. The van der Waals surface area contributed by atoms with Gasteiger partial charge in [0.05, 0.1) is 32.6 Å². The smallest absolute Gasteiger partial charge is 0.300 e. The molecule has 2 amide bonds. The van der Waals surface area contributed by atoms with Crippen LogP contribution in [0.3, 0.4) is 0 Å². The lowest BCUT2D eigenvalue weighted by Gasteiger charge is -2.19. The molecule has 1 aliphatic heterocycles. The highest BCUT2D eigenvalue weighted by Crippen LogP contribution is 2.47. The number of ketones is 1. The lowest BCUT2D eigenvalue weighted by atomic mass is 10.1. The Balaban J connectivity index is 1.90. The van der Waals surface area contributed by atoms with Gasteiger partial charge in [0.2, 0.25) is 11.7 Å². The van der Waals surface area contributed by atoms with E-state index in [9.17, 15) is 14.4 Å². The molecule has 1 aliphatic rings. The number of anilines is 2. The van der Waals surface area contributed by atoms with E-state index in [0.29, 0.717) is 5.69 Å². The number of amides is 2. The summed E-state index contributed by atoms with van der Waals surface area (Å²) in [6.07, 6.45) is 0.891. The molecule has 0 radical (unpaired) electrons. The molecular formula is C21H22N2O6. The SMILES string of the molecule is CCc1ccc(NC(=O)CN2C(=O)C(=O)c3c2cc(OC)c(OC)c3OC)cc1. The van der Waals surface area contributed by atoms with Crippen molar-refractivity contribution < 1.29 is 28.6 Å². The zero-order chi connectivity index (χ0) is 21.1. The van der Waals surface area contributed by atoms with E-state index in [1.165, 1.54) is 27.4 Å². The number of aryl methyl sites for hydroxylation is 1. The molecule has 0 saturated heterocycles. The molecule has 0 aromatic heterocycles. The van der Waals surface area contributed by atoms with Crippen molar-refractivity contribution in [2.75, 3.05) is 38.1 Å². The van der Waals surface area contributed by atoms with E-state index < -0.39 is 17.6 Å². The highest BCUT2D eigenvalue weighted by Gasteiger charge is 2.42. The highest BCUT2D eigenvalue weighted by atomic mass is 16.5. The number of carbonyl (C=O) groups excluding carboxylic acids is 3. The molecule has 8 heteroatoms. The molecule has 3 rings (SSSR count). The van der Waals surface area contributed by atoms with Crippen molar-refractivity contribution in [3.8, 4) is 17.2 Å². The molecule has 0 spiro atoms. The number of methoxy groups -OCH3 is 3. The average Bonchev–Trinajstić information content (AvgIpc) is 2.97. The molecule has 0 fully saturated rings. The van der Waals surface area contributed by atoms with Crippen LogP contribution in [0.15, 0.2) is 30.3 Å². The molecule has 29 heavy (non-hydrogen) atoms. The maximum absolute atomic E-state index is 12.6. The summed E-state index contributed by atoms with van der Waals surface area (Å²) < 4.78 is 15.9. The van der Waals surface area contributed by atoms with E-state index in [0.717, 1.165) is 16.9 Å². The fraction of sp³-hybridized carbons (Fsp3) is 0.286. The molecule has 2 aromatic carbocycles. The number of benzene rings is 2. The van der Waals surface area contributed by atoms with E-state index in [1.807, 2.05) is 19.1 Å². The van der Waals surface area contributed by atoms with Crippen molar-refractivity contribution in [3.63, 3.8) is 0 Å². The fourth-order valence-electron chi connectivity index (χ4n) is 3.24. The number of Topliss-reactive ketones (excluding diaryl/α,β-unsaturated/α-hetero) is 1. The van der Waals surface area contributed by atoms with Gasteiger partial charge in [0.1, 0.15) is 6.54 Å². The number of fused-ring (bicyclic) bond motifs is 1. The van der Waals surface area contributed by atoms with Crippen LogP contribution < -0.4 is 24.4 Å². The van der Waals surface area contributed by atoms with Crippen LogP contribution in [0.25, 0.3) is 0 Å². The van der Waals surface area contributed by atoms with Crippen LogP contribution in [-0.4, -0.2) is 45.5 Å². The second-order valence-electron chi connectivity index (χ2n) is 6.36. The van der Waals surface area contributed by atoms with E-state index in [4.69, 9.17) is 14.2 Å². The van der Waals surface area contributed by atoms with Crippen molar-refractivity contribution in [1.82, 2.24) is 0 Å². The predicted octanol–water partition coefficient (Wildman–Crippen LogP) is 2.44. The molecule has 8 nitrogen and oxygen atoms in total. The summed E-state index contributed by atoms with van der Waals surface area (Å²) in [4.78, 5) is 38.7. The number of carbonyl (C=O) groups is 3. The van der Waals surface area contributed by atoms with Gasteiger partial charge in [-0.25, -0.2) is 0 Å². The van der Waals surface area contributed by atoms with Gasteiger partial charge in [-0.15, -0.1) is 0 Å². The number of nitrogens with one attached hydrogen (secondary N) is 1. The van der Waals surface area contributed by atoms with Gasteiger partial charge in [-0.05, 0) is 24.1 Å². The Morgan fingerprint density at radius 2 is 1.66 bits per heavy atom. The molecule has 0 saturated carbocycles. The first-order chi connectivity index (χ1) is 13.9. The predicted molar refractivity (Wildman–Crippen MR) is 107 cm³/mol. The number of ether oxygens (including phenoxy) is 3. The van der Waals surface area contributed by atoms with Gasteiger partial charge in [-0.2, -0.15) is 0 Å². The van der Waals surface area contributed by atoms with Crippen molar-refractivity contribution >= 4 is 29.0 Å². The number of hydrogen-bond acceptors (Lipinski definition) is 6. The van der Waals surface area contributed by atoms with Gasteiger partial charge >= 0.3 is 0 Å². The second kappa shape index (κ2) is 8.22. The van der Waals surface area contributed by atoms with Crippen LogP contribution in [0.2, 0.25) is 0 Å². The molecule has 0 atom stereocenters. The van der Waals surface area contributed by atoms with Crippen LogP contribution in [0, 0.1) is 0 Å². The standard InChI is InChI=1S/C21H22N2O6/c1-5-12-6-8-13(9-7-12)22-16(24)11-23-14-10-15(27-2)19(28-3)20(29-4)17(14)18(25)21(23)26/h6-10H,5,11H2,1-4H3,(H,22,24). The summed E-state index contributed by atoms with van der Waals surface area (Å²) in [5, 5.41) is 2.73. The van der Waals surface area contributed by atoms with E-state index >= 15 is 0 Å². The molecule has 1 N–H and O–H groups in total. The summed E-state index contributed by atoms with van der Waals surface area (Å²) in [7, 11) is 4.20. The normalized spacial score (nSPS) is 12.6. The minimum Gasteiger partial charge on any atom is -0.493 e. The van der Waals surface area contributed by atoms with Crippen molar-refractivity contribution in [2.24, 2.45) is 0 Å². The summed E-state index contributed by atoms with van der Waals surface area (Å²) >= 11 is 0. The Morgan fingerprint density at radius 3 is 2.21 bits per heavy atom. The summed E-state index contributed by atoms with van der Waals surface area (Å²) in [5.41, 5.74) is 2.04. The Morgan fingerprint density at radius 1 is 1.00 bits per heavy atom. The van der Waals surface area contributed by atoms with Crippen LogP contribution in [0.5, 0.6) is 17.2 Å². The van der Waals surface area contributed by atoms with E-state index in [2.05, 4.69) is 5.32 Å². The summed E-state index contributed by atoms with van der Waals surface area (Å²) in [5.74, 6) is -1.43. The third-order valence-electron chi connectivity index (χ3n) is 4.71. The molecule has 0 unspecified atom stereocenters. The highest BCUT2D eigenvalue weighted by molar-refractivity contribution is 6.53. The Labute approximate surface area is 168 Å². The van der Waals surface area contributed by atoms with Crippen molar-refractivity contribution in [2.45, 2.75) is 13.3 Å². The third kappa shape index (κ3) is 3.61. The minimum atomic E-state index is -0.815. The molecule has 0 aliphatic carbocycles. The Hall–Kier alpha value is -3.55. The van der Waals surface area contributed by atoms with Gasteiger partial charge in [-0.3, -0.25) is 19.3 Å². The molecular weight excluding hydrogens is 376 g/mol. The maximum atomic E-state index is 12.6. The molecule has 0 bridgehead atoms. The first-order valence-electron chi connectivity index (χ1n) is 9.03. The monoisotopic (exact) mass is 398 g/mol. The van der Waals surface area contributed by atoms with Crippen molar-refractivity contribution in [1.29, 1.82) is 0 Å². The molecule has 152 valence electrons. The summed E-state index contributed by atoms with van der Waals surface area (Å²) in [6.45, 7) is 1.71. The lowest BCUT2D eigenvalue weighted by molar-refractivity contribution is -0.118. The first kappa shape index (κ1) is 20.2. The Kier molecular flexibility index (Phi) is 5.72. The van der Waals surface area contributed by atoms with Gasteiger partial charge in [0.25, 0.3) is 11.7 Å². The minimum absolute atomic E-state index is 0.0512. The number of nitrogens with zero attached hydrogens (tertiary/aromatic N) is 1. The zero-order valence-electron chi connectivity index (χ0n) is 16.7. The number of hydrogen-bond donors (Lipinski definition) is 1. The van der Waals surface area contributed by atoms with Crippen molar-refractivity contribution in [3.05, 3.63) is 41.5 Å². The number of rotatable bonds is 7. The fourth-order valence-corrected chi connectivity index (χ4v) is 3.24. The first-order valence-corrected chi connectivity index (χ1v) is 9.03. The van der Waals surface area contributed by atoms with E-state index in [1.54, 1.807) is 12.1 Å². The van der Waals surface area contributed by atoms with Crippen LogP contribution >= 0.6 is 0 Å².